The second kappa shape index (κ2) is 8.39. The molecule has 3 aliphatic rings. The second-order valence-electron chi connectivity index (χ2n) is 9.60. The van der Waals surface area contributed by atoms with E-state index in [0.717, 1.165) is 0 Å². The number of carbonyl (C=O) groups excluding carboxylic acids is 1. The van der Waals surface area contributed by atoms with Crippen LogP contribution < -0.4 is 10.5 Å². The highest BCUT2D eigenvalue weighted by molar-refractivity contribution is 6.31. The number of likely N-dealkylation sites (N-methyl/N-ethyl adjacent to an activating group) is 1. The van der Waals surface area contributed by atoms with E-state index >= 15 is 0 Å². The number of halogens is 4. The molecule has 1 fully saturated rings. The molecule has 3 aliphatic heterocycles. The molecule has 0 saturated carbocycles. The normalized spacial score (nSPS) is 23.4. The highest BCUT2D eigenvalue weighted by Crippen LogP contribution is 2.52. The number of nitrogens with zero attached hydrogens (tertiary/aromatic N) is 4. The van der Waals surface area contributed by atoms with Gasteiger partial charge in [0.25, 0.3) is 5.91 Å². The number of amides is 1. The van der Waals surface area contributed by atoms with Gasteiger partial charge in [0, 0.05) is 37.1 Å². The Balaban J connectivity index is 1.56. The summed E-state index contributed by atoms with van der Waals surface area (Å²) in [5.41, 5.74) is 6.18. The van der Waals surface area contributed by atoms with Gasteiger partial charge in [-0.25, -0.2) is 4.99 Å². The summed E-state index contributed by atoms with van der Waals surface area (Å²) in [6.45, 7) is -0.609. The maximum Gasteiger partial charge on any atom is 0.401 e. The SMILES string of the molecule is CN1C(=O)C2(CC3(CCN(CC(F)(F)F)CC3)Oc3ccc(-c4cc(Cl)cc(C#N)c4)cc32)N=C1N. The minimum Gasteiger partial charge on any atom is -0.487 e. The fraction of sp³-hybridized carbons (Fsp3) is 0.400. The van der Waals surface area contributed by atoms with Crippen LogP contribution in [0.1, 0.15) is 30.4 Å². The van der Waals surface area contributed by atoms with Gasteiger partial charge in [-0.2, -0.15) is 18.4 Å². The van der Waals surface area contributed by atoms with Gasteiger partial charge in [-0.15, -0.1) is 0 Å². The van der Waals surface area contributed by atoms with E-state index in [-0.39, 0.29) is 31.4 Å². The fourth-order valence-electron chi connectivity index (χ4n) is 5.41. The van der Waals surface area contributed by atoms with E-state index in [2.05, 4.69) is 11.1 Å². The van der Waals surface area contributed by atoms with E-state index in [9.17, 15) is 23.2 Å². The summed E-state index contributed by atoms with van der Waals surface area (Å²) >= 11 is 6.20. The molecule has 0 aromatic heterocycles. The molecular weight excluding hydrogens is 495 g/mol. The van der Waals surface area contributed by atoms with Gasteiger partial charge in [-0.3, -0.25) is 14.6 Å². The Bertz CT molecular complexity index is 1310. The Labute approximate surface area is 210 Å². The van der Waals surface area contributed by atoms with Crippen LogP contribution in [-0.2, 0) is 10.3 Å². The quantitative estimate of drug-likeness (QED) is 0.649. The van der Waals surface area contributed by atoms with E-state index < -0.39 is 23.9 Å². The molecule has 7 nitrogen and oxygen atoms in total. The molecule has 2 aromatic carbocycles. The summed E-state index contributed by atoms with van der Waals surface area (Å²) in [5, 5.41) is 9.73. The van der Waals surface area contributed by atoms with Crippen molar-refractivity contribution in [2.75, 3.05) is 26.7 Å². The lowest BCUT2D eigenvalue weighted by molar-refractivity contribution is -0.155. The number of nitriles is 1. The minimum atomic E-state index is -4.28. The minimum absolute atomic E-state index is 0.0671. The molecule has 0 bridgehead atoms. The van der Waals surface area contributed by atoms with Gasteiger partial charge in [-0.1, -0.05) is 17.7 Å². The van der Waals surface area contributed by atoms with Gasteiger partial charge >= 0.3 is 6.18 Å². The molecule has 2 aromatic rings. The lowest BCUT2D eigenvalue weighted by Crippen LogP contribution is -2.56. The van der Waals surface area contributed by atoms with Crippen molar-refractivity contribution in [2.24, 2.45) is 10.7 Å². The molecule has 3 heterocycles. The van der Waals surface area contributed by atoms with Crippen LogP contribution in [0.25, 0.3) is 11.1 Å². The number of carbonyl (C=O) groups is 1. The third-order valence-electron chi connectivity index (χ3n) is 7.17. The number of hydrogen-bond acceptors (Lipinski definition) is 6. The number of nitrogens with two attached hydrogens (primary N) is 1. The molecule has 1 unspecified atom stereocenters. The van der Waals surface area contributed by atoms with Crippen molar-refractivity contribution in [1.82, 2.24) is 9.80 Å². The van der Waals surface area contributed by atoms with Crippen LogP contribution in [0.15, 0.2) is 41.4 Å². The smallest absolute Gasteiger partial charge is 0.401 e. The molecule has 2 N–H and O–H groups in total. The standard InChI is InChI=1S/C25H23ClF3N5O2/c1-33-21(35)24(32-22(33)31)13-23(4-6-34(7-5-23)14-25(27,28)29)36-20-3-2-16(11-19(20)24)17-8-15(12-30)9-18(26)10-17/h2-3,8-11H,4-7,13-14H2,1H3,(H2,31,32). The molecule has 11 heteroatoms. The predicted molar refractivity (Wildman–Crippen MR) is 127 cm³/mol. The first-order valence-electron chi connectivity index (χ1n) is 11.4. The number of piperidine rings is 1. The highest BCUT2D eigenvalue weighted by Gasteiger charge is 2.58. The summed E-state index contributed by atoms with van der Waals surface area (Å²) in [6.07, 6.45) is -3.48. The first-order chi connectivity index (χ1) is 16.9. The van der Waals surface area contributed by atoms with Crippen molar-refractivity contribution in [2.45, 2.75) is 36.6 Å². The highest BCUT2D eigenvalue weighted by atomic mass is 35.5. The summed E-state index contributed by atoms with van der Waals surface area (Å²) in [6, 6.07) is 12.4. The Morgan fingerprint density at radius 3 is 2.53 bits per heavy atom. The molecule has 2 spiro atoms. The third kappa shape index (κ3) is 4.16. The largest absolute Gasteiger partial charge is 0.487 e. The molecule has 1 atom stereocenters. The number of aliphatic imine (C=N–C) groups is 1. The molecular formula is C25H23ClF3N5O2. The van der Waals surface area contributed by atoms with Crippen molar-refractivity contribution in [3.8, 4) is 22.9 Å². The van der Waals surface area contributed by atoms with Crippen molar-refractivity contribution >= 4 is 23.5 Å². The second-order valence-corrected chi connectivity index (χ2v) is 10.0. The van der Waals surface area contributed by atoms with Crippen molar-refractivity contribution in [3.63, 3.8) is 0 Å². The zero-order valence-corrected chi connectivity index (χ0v) is 20.2. The Morgan fingerprint density at radius 1 is 1.19 bits per heavy atom. The maximum absolute atomic E-state index is 13.6. The average molecular weight is 518 g/mol. The van der Waals surface area contributed by atoms with Crippen LogP contribution in [0.2, 0.25) is 5.02 Å². The van der Waals surface area contributed by atoms with Gasteiger partial charge in [0.05, 0.1) is 18.2 Å². The van der Waals surface area contributed by atoms with Gasteiger partial charge in [-0.05, 0) is 54.3 Å². The lowest BCUT2D eigenvalue weighted by atomic mass is 9.72. The molecule has 188 valence electrons. The Kier molecular flexibility index (Phi) is 5.69. The molecule has 1 saturated heterocycles. The first kappa shape index (κ1) is 24.4. The Hall–Kier alpha value is -3.29. The van der Waals surface area contributed by atoms with Crippen molar-refractivity contribution in [3.05, 3.63) is 52.5 Å². The molecule has 5 rings (SSSR count). The van der Waals surface area contributed by atoms with E-state index in [1.165, 1.54) is 9.80 Å². The van der Waals surface area contributed by atoms with Crippen molar-refractivity contribution in [1.29, 1.82) is 5.26 Å². The summed E-state index contributed by atoms with van der Waals surface area (Å²) < 4.78 is 45.2. The number of rotatable bonds is 2. The van der Waals surface area contributed by atoms with Crippen molar-refractivity contribution < 1.29 is 22.7 Å². The monoisotopic (exact) mass is 517 g/mol. The average Bonchev–Trinajstić information content (AvgIpc) is 3.03. The third-order valence-corrected chi connectivity index (χ3v) is 7.39. The number of alkyl halides is 3. The summed E-state index contributed by atoms with van der Waals surface area (Å²) in [5.74, 6) is 0.192. The van der Waals surface area contributed by atoms with Gasteiger partial charge in [0.15, 0.2) is 11.5 Å². The maximum atomic E-state index is 13.6. The Morgan fingerprint density at radius 2 is 1.92 bits per heavy atom. The van der Waals surface area contributed by atoms with Gasteiger partial charge in [0.1, 0.15) is 11.4 Å². The number of guanidine groups is 1. The van der Waals surface area contributed by atoms with Crippen LogP contribution in [0.3, 0.4) is 0 Å². The number of benzene rings is 2. The summed E-state index contributed by atoms with van der Waals surface area (Å²) in [7, 11) is 1.55. The molecule has 1 amide bonds. The molecule has 0 radical (unpaired) electrons. The van der Waals surface area contributed by atoms with Crippen LogP contribution >= 0.6 is 11.6 Å². The number of fused-ring (bicyclic) bond motifs is 2. The van der Waals surface area contributed by atoms with E-state index in [4.69, 9.17) is 22.1 Å². The predicted octanol–water partition coefficient (Wildman–Crippen LogP) is 4.04. The van der Waals surface area contributed by atoms with Gasteiger partial charge in [0.2, 0.25) is 0 Å². The zero-order chi connectivity index (χ0) is 25.9. The van der Waals surface area contributed by atoms with Crippen LogP contribution in [0.5, 0.6) is 5.75 Å². The number of ether oxygens (including phenoxy) is 1. The van der Waals surface area contributed by atoms with E-state index in [0.29, 0.717) is 45.9 Å². The summed E-state index contributed by atoms with van der Waals surface area (Å²) in [4.78, 5) is 20.9. The van der Waals surface area contributed by atoms with Crippen LogP contribution in [0, 0.1) is 11.3 Å². The van der Waals surface area contributed by atoms with E-state index in [1.807, 2.05) is 0 Å². The lowest BCUT2D eigenvalue weighted by Gasteiger charge is -2.48. The zero-order valence-electron chi connectivity index (χ0n) is 19.4. The first-order valence-corrected chi connectivity index (χ1v) is 11.8. The topological polar surface area (TPSA) is 95.0 Å². The number of likely N-dealkylation sites (tertiary alicyclic amines) is 1. The molecule has 36 heavy (non-hydrogen) atoms. The van der Waals surface area contributed by atoms with Gasteiger partial charge < -0.3 is 10.5 Å². The molecule has 0 aliphatic carbocycles. The number of hydrogen-bond donors (Lipinski definition) is 1. The van der Waals surface area contributed by atoms with Crippen LogP contribution in [0.4, 0.5) is 13.2 Å². The fourth-order valence-corrected chi connectivity index (χ4v) is 5.65. The van der Waals surface area contributed by atoms with Crippen LogP contribution in [-0.4, -0.2) is 60.1 Å². The van der Waals surface area contributed by atoms with E-state index in [1.54, 1.807) is 43.4 Å².